The molecule has 0 bridgehead atoms. The van der Waals surface area contributed by atoms with Crippen LogP contribution in [0.5, 0.6) is 0 Å². The number of aryl methyl sites for hydroxylation is 3. The van der Waals surface area contributed by atoms with Gasteiger partial charge in [-0.2, -0.15) is 0 Å². The summed E-state index contributed by atoms with van der Waals surface area (Å²) < 4.78 is 0. The Labute approximate surface area is 310 Å². The number of rotatable bonds is 4. The minimum absolute atomic E-state index is 0.648. The molecule has 250 valence electrons. The van der Waals surface area contributed by atoms with Gasteiger partial charge < -0.3 is 0 Å². The molecule has 52 heavy (non-hydrogen) atoms. The summed E-state index contributed by atoms with van der Waals surface area (Å²) in [5.41, 5.74) is 9.06. The predicted octanol–water partition coefficient (Wildman–Crippen LogP) is 12.9. The van der Waals surface area contributed by atoms with Gasteiger partial charge in [0.15, 0.2) is 11.6 Å². The summed E-state index contributed by atoms with van der Waals surface area (Å²) in [6.07, 6.45) is 0. The van der Waals surface area contributed by atoms with Crippen LogP contribution in [0.15, 0.2) is 169 Å². The molecule has 0 amide bonds. The van der Waals surface area contributed by atoms with Gasteiger partial charge in [-0.3, -0.25) is 0 Å². The zero-order chi connectivity index (χ0) is 35.6. The van der Waals surface area contributed by atoms with Gasteiger partial charge >= 0.3 is 0 Å². The van der Waals surface area contributed by atoms with Crippen molar-refractivity contribution in [3.63, 3.8) is 0 Å². The van der Waals surface area contributed by atoms with E-state index in [0.717, 1.165) is 32.7 Å². The number of hydrogen-bond acceptors (Lipinski definition) is 4. The van der Waals surface area contributed by atoms with E-state index in [4.69, 9.17) is 17.6 Å². The Morgan fingerprint density at radius 3 is 1.42 bits per heavy atom. The lowest BCUT2D eigenvalue weighted by atomic mass is 9.90. The van der Waals surface area contributed by atoms with E-state index in [1.54, 1.807) is 0 Å². The van der Waals surface area contributed by atoms with Crippen LogP contribution in [0, 0.1) is 20.8 Å². The van der Waals surface area contributed by atoms with Gasteiger partial charge in [0, 0.05) is 21.6 Å². The van der Waals surface area contributed by atoms with Crippen LogP contribution < -0.4 is 0 Å². The van der Waals surface area contributed by atoms with Gasteiger partial charge in [-0.15, -0.1) is 12.6 Å². The highest BCUT2D eigenvalue weighted by molar-refractivity contribution is 7.80. The van der Waals surface area contributed by atoms with Crippen LogP contribution in [0.3, 0.4) is 0 Å². The molecule has 0 N–H and O–H groups in total. The molecule has 0 radical (unpaired) electrons. The molecule has 4 heteroatoms. The van der Waals surface area contributed by atoms with Crippen LogP contribution in [0.25, 0.3) is 77.3 Å². The molecule has 0 aliphatic rings. The quantitative estimate of drug-likeness (QED) is 0.148. The summed E-state index contributed by atoms with van der Waals surface area (Å²) in [4.78, 5) is 15.0. The molecule has 1 heterocycles. The van der Waals surface area contributed by atoms with Crippen LogP contribution in [0.1, 0.15) is 17.0 Å². The van der Waals surface area contributed by atoms with Gasteiger partial charge in [0.05, 0.1) is 0 Å². The second-order valence-corrected chi connectivity index (χ2v) is 13.6. The molecule has 0 saturated carbocycles. The van der Waals surface area contributed by atoms with E-state index in [-0.39, 0.29) is 0 Å². The van der Waals surface area contributed by atoms with Crippen molar-refractivity contribution in [3.05, 3.63) is 181 Å². The summed E-state index contributed by atoms with van der Waals surface area (Å²) in [6, 6.07) is 56.9. The molecule has 0 fully saturated rings. The highest BCUT2D eigenvalue weighted by Gasteiger charge is 2.16. The Kier molecular flexibility index (Phi) is 9.07. The van der Waals surface area contributed by atoms with Crippen molar-refractivity contribution in [1.29, 1.82) is 0 Å². The lowest BCUT2D eigenvalue weighted by Crippen LogP contribution is -2.01. The van der Waals surface area contributed by atoms with E-state index in [1.165, 1.54) is 49.0 Å². The van der Waals surface area contributed by atoms with Crippen LogP contribution in [-0.2, 0) is 0 Å². The van der Waals surface area contributed by atoms with E-state index in [9.17, 15) is 0 Å². The third-order valence-electron chi connectivity index (χ3n) is 9.65. The van der Waals surface area contributed by atoms with Crippen LogP contribution in [0.4, 0.5) is 0 Å². The van der Waals surface area contributed by atoms with Crippen molar-refractivity contribution in [2.75, 3.05) is 0 Å². The topological polar surface area (TPSA) is 38.7 Å². The molecule has 1 aromatic heterocycles. The summed E-state index contributed by atoms with van der Waals surface area (Å²) >= 11 is 4.73. The van der Waals surface area contributed by atoms with Gasteiger partial charge in [-0.1, -0.05) is 158 Å². The second kappa shape index (κ2) is 14.3. The summed E-state index contributed by atoms with van der Waals surface area (Å²) in [7, 11) is 0. The first-order valence-electron chi connectivity index (χ1n) is 17.5. The molecule has 0 aliphatic heterocycles. The molecule has 0 saturated heterocycles. The highest BCUT2D eigenvalue weighted by Crippen LogP contribution is 2.38. The molecule has 0 aliphatic carbocycles. The fourth-order valence-corrected chi connectivity index (χ4v) is 7.54. The van der Waals surface area contributed by atoms with Crippen molar-refractivity contribution in [2.45, 2.75) is 25.7 Å². The first-order chi connectivity index (χ1) is 25.5. The van der Waals surface area contributed by atoms with Gasteiger partial charge in [0.25, 0.3) is 0 Å². The van der Waals surface area contributed by atoms with Gasteiger partial charge in [-0.05, 0) is 87.0 Å². The largest absolute Gasteiger partial charge is 0.213 e. The maximum absolute atomic E-state index is 4.85. The SMILES string of the molecule is Cc1cccc2c3ccccc3c3cccc(C)c3c12.Cc1nc(-c2ccc(-c3ccccc3)cc2)nc(-c2cccc(S)c2-c2ccccc2)n1. The van der Waals surface area contributed by atoms with Crippen molar-refractivity contribution in [3.8, 4) is 45.0 Å². The number of fused-ring (bicyclic) bond motifs is 6. The molecular weight excluding hydrogens is 651 g/mol. The zero-order valence-electron chi connectivity index (χ0n) is 29.4. The van der Waals surface area contributed by atoms with Crippen LogP contribution >= 0.6 is 12.6 Å². The van der Waals surface area contributed by atoms with E-state index in [2.05, 4.69) is 133 Å². The number of aromatic nitrogens is 3. The molecule has 8 aromatic carbocycles. The van der Waals surface area contributed by atoms with E-state index < -0.39 is 0 Å². The number of hydrogen-bond donors (Lipinski definition) is 1. The Hall–Kier alpha value is -6.10. The molecular formula is C48H37N3S. The average molecular weight is 688 g/mol. The summed E-state index contributed by atoms with van der Waals surface area (Å²) in [5.74, 6) is 1.99. The average Bonchev–Trinajstić information content (AvgIpc) is 3.19. The lowest BCUT2D eigenvalue weighted by Gasteiger charge is -2.13. The Balaban J connectivity index is 0.000000165. The number of benzene rings is 8. The van der Waals surface area contributed by atoms with Crippen molar-refractivity contribution >= 4 is 44.9 Å². The molecule has 3 nitrogen and oxygen atoms in total. The van der Waals surface area contributed by atoms with Crippen LogP contribution in [0.2, 0.25) is 0 Å². The first kappa shape index (κ1) is 33.1. The monoisotopic (exact) mass is 687 g/mol. The molecule has 0 unspecified atom stereocenters. The third-order valence-corrected chi connectivity index (χ3v) is 10.0. The van der Waals surface area contributed by atoms with E-state index >= 15 is 0 Å². The van der Waals surface area contributed by atoms with Gasteiger partial charge in [0.2, 0.25) is 0 Å². The van der Waals surface area contributed by atoms with Crippen LogP contribution in [-0.4, -0.2) is 15.0 Å². The Morgan fingerprint density at radius 2 is 0.827 bits per heavy atom. The van der Waals surface area contributed by atoms with Crippen molar-refractivity contribution in [2.24, 2.45) is 0 Å². The number of nitrogens with zero attached hydrogens (tertiary/aromatic N) is 3. The Bertz CT molecular complexity index is 2620. The summed E-state index contributed by atoms with van der Waals surface area (Å²) in [6.45, 7) is 6.33. The van der Waals surface area contributed by atoms with E-state index in [0.29, 0.717) is 17.5 Å². The first-order valence-corrected chi connectivity index (χ1v) is 18.0. The van der Waals surface area contributed by atoms with E-state index in [1.807, 2.05) is 61.5 Å². The Morgan fingerprint density at radius 1 is 0.365 bits per heavy atom. The van der Waals surface area contributed by atoms with Gasteiger partial charge in [0.1, 0.15) is 5.82 Å². The predicted molar refractivity (Wildman–Crippen MR) is 222 cm³/mol. The highest BCUT2D eigenvalue weighted by atomic mass is 32.1. The zero-order valence-corrected chi connectivity index (χ0v) is 30.3. The fraction of sp³-hybridized carbons (Fsp3) is 0.0625. The second-order valence-electron chi connectivity index (χ2n) is 13.1. The molecule has 0 spiro atoms. The maximum atomic E-state index is 4.85. The maximum Gasteiger partial charge on any atom is 0.164 e. The summed E-state index contributed by atoms with van der Waals surface area (Å²) in [5, 5.41) is 8.23. The molecule has 9 aromatic rings. The minimum Gasteiger partial charge on any atom is -0.213 e. The van der Waals surface area contributed by atoms with Gasteiger partial charge in [-0.25, -0.2) is 15.0 Å². The molecule has 0 atom stereocenters. The third kappa shape index (κ3) is 6.34. The number of thiol groups is 1. The smallest absolute Gasteiger partial charge is 0.164 e. The standard InChI is InChI=1S/C28H21N3S.C20H16/c1-19-29-27(23-17-15-21(16-18-23)20-9-4-2-5-10-20)31-28(30-19)24-13-8-14-25(32)26(24)22-11-6-3-7-12-22;1-13-7-5-11-17-15-9-3-4-10-16(15)18-12-6-8-14(2)20(18)19(13)17/h2-18,32H,1H3;3-12H,1-2H3. The van der Waals surface area contributed by atoms with Crippen molar-refractivity contribution in [1.82, 2.24) is 15.0 Å². The minimum atomic E-state index is 0.648. The van der Waals surface area contributed by atoms with Crippen molar-refractivity contribution < 1.29 is 0 Å². The fourth-order valence-electron chi connectivity index (χ4n) is 7.21. The normalized spacial score (nSPS) is 11.1. The molecule has 9 rings (SSSR count). The lowest BCUT2D eigenvalue weighted by molar-refractivity contribution is 0.991.